The van der Waals surface area contributed by atoms with Gasteiger partial charge >= 0.3 is 0 Å². The summed E-state index contributed by atoms with van der Waals surface area (Å²) in [6.07, 6.45) is 1.65. The highest BCUT2D eigenvalue weighted by Gasteiger charge is 2.17. The summed E-state index contributed by atoms with van der Waals surface area (Å²) in [6.45, 7) is 2.19. The van der Waals surface area contributed by atoms with Gasteiger partial charge in [-0.1, -0.05) is 18.2 Å². The van der Waals surface area contributed by atoms with Crippen LogP contribution in [0.4, 0.5) is 19.0 Å². The Labute approximate surface area is 193 Å². The number of nitrogens with one attached hydrogen (secondary N) is 1. The molecule has 0 spiro atoms. The molecule has 0 saturated heterocycles. The molecule has 0 bridgehead atoms. The average molecular weight is 460 g/mol. The first-order valence-corrected chi connectivity index (χ1v) is 10.6. The van der Waals surface area contributed by atoms with Gasteiger partial charge in [0.2, 0.25) is 0 Å². The van der Waals surface area contributed by atoms with Crippen molar-refractivity contribution >= 4 is 16.9 Å². The second-order valence-electron chi connectivity index (χ2n) is 7.82. The minimum Gasteiger partial charge on any atom is -0.366 e. The molecule has 0 atom stereocenters. The normalized spacial score (nSPS) is 11.2. The lowest BCUT2D eigenvalue weighted by Gasteiger charge is -2.08. The molecular weight excluding hydrogens is 441 g/mol. The van der Waals surface area contributed by atoms with Gasteiger partial charge in [-0.05, 0) is 42.8 Å². The summed E-state index contributed by atoms with van der Waals surface area (Å²) in [5.41, 5.74) is 2.69. The second-order valence-corrected chi connectivity index (χ2v) is 7.82. The fourth-order valence-electron chi connectivity index (χ4n) is 3.74. The standard InChI is InChI=1S/C25H19F3N6/c1-15-9-22(30-13-16-10-18(26)12-19(27)11-16)32-24(31-15)23-20-6-4-8-29-25(20)34(33-23)14-17-5-2-3-7-21(17)28/h2-12H,13-14H2,1H3,(H,30,31,32). The largest absolute Gasteiger partial charge is 0.366 e. The van der Waals surface area contributed by atoms with E-state index in [1.54, 1.807) is 41.2 Å². The maximum atomic E-state index is 14.2. The van der Waals surface area contributed by atoms with E-state index >= 15 is 0 Å². The van der Waals surface area contributed by atoms with Crippen LogP contribution in [0.2, 0.25) is 0 Å². The van der Waals surface area contributed by atoms with Crippen LogP contribution in [0.25, 0.3) is 22.6 Å². The molecule has 0 aliphatic heterocycles. The van der Waals surface area contributed by atoms with E-state index in [2.05, 4.69) is 25.4 Å². The molecule has 2 aromatic carbocycles. The first-order chi connectivity index (χ1) is 16.5. The van der Waals surface area contributed by atoms with Gasteiger partial charge in [-0.25, -0.2) is 32.8 Å². The van der Waals surface area contributed by atoms with Gasteiger partial charge in [-0.15, -0.1) is 0 Å². The monoisotopic (exact) mass is 460 g/mol. The number of rotatable bonds is 6. The van der Waals surface area contributed by atoms with Crippen molar-refractivity contribution in [3.63, 3.8) is 0 Å². The van der Waals surface area contributed by atoms with Gasteiger partial charge in [-0.2, -0.15) is 5.10 Å². The highest BCUT2D eigenvalue weighted by atomic mass is 19.1. The highest BCUT2D eigenvalue weighted by molar-refractivity contribution is 5.89. The van der Waals surface area contributed by atoms with Crippen molar-refractivity contribution in [2.45, 2.75) is 20.0 Å². The predicted octanol–water partition coefficient (Wildman–Crippen LogP) is 5.27. The number of fused-ring (bicyclic) bond motifs is 1. The molecule has 0 aliphatic carbocycles. The molecule has 34 heavy (non-hydrogen) atoms. The fraction of sp³-hybridized carbons (Fsp3) is 0.120. The number of hydrogen-bond acceptors (Lipinski definition) is 5. The molecule has 1 N–H and O–H groups in total. The molecular formula is C25H19F3N6. The number of halogens is 3. The highest BCUT2D eigenvalue weighted by Crippen LogP contribution is 2.26. The van der Waals surface area contributed by atoms with Crippen molar-refractivity contribution < 1.29 is 13.2 Å². The van der Waals surface area contributed by atoms with E-state index in [4.69, 9.17) is 0 Å². The van der Waals surface area contributed by atoms with Crippen LogP contribution in [0.15, 0.2) is 66.9 Å². The zero-order valence-corrected chi connectivity index (χ0v) is 18.1. The number of aromatic nitrogens is 5. The summed E-state index contributed by atoms with van der Waals surface area (Å²) >= 11 is 0. The number of pyridine rings is 1. The molecule has 0 unspecified atom stereocenters. The van der Waals surface area contributed by atoms with E-state index in [0.29, 0.717) is 39.8 Å². The van der Waals surface area contributed by atoms with Crippen molar-refractivity contribution in [1.29, 1.82) is 0 Å². The zero-order valence-electron chi connectivity index (χ0n) is 18.1. The van der Waals surface area contributed by atoms with Crippen molar-refractivity contribution in [3.8, 4) is 11.5 Å². The van der Waals surface area contributed by atoms with Gasteiger partial charge in [0.05, 0.1) is 11.9 Å². The molecule has 0 saturated carbocycles. The quantitative estimate of drug-likeness (QED) is 0.374. The maximum absolute atomic E-state index is 14.2. The smallest absolute Gasteiger partial charge is 0.183 e. The van der Waals surface area contributed by atoms with Crippen LogP contribution < -0.4 is 5.32 Å². The molecule has 9 heteroatoms. The average Bonchev–Trinajstić information content (AvgIpc) is 3.17. The number of anilines is 1. The molecule has 5 rings (SSSR count). The Bertz CT molecular complexity index is 1480. The van der Waals surface area contributed by atoms with Gasteiger partial charge in [0, 0.05) is 36.1 Å². The summed E-state index contributed by atoms with van der Waals surface area (Å²) in [7, 11) is 0. The Balaban J connectivity index is 1.50. The van der Waals surface area contributed by atoms with Gasteiger partial charge in [0.1, 0.15) is 29.0 Å². The lowest BCUT2D eigenvalue weighted by Crippen LogP contribution is -2.06. The van der Waals surface area contributed by atoms with Crippen LogP contribution >= 0.6 is 0 Å². The van der Waals surface area contributed by atoms with E-state index in [1.807, 2.05) is 13.0 Å². The molecule has 0 aliphatic rings. The Kier molecular flexibility index (Phi) is 5.67. The third kappa shape index (κ3) is 4.45. The van der Waals surface area contributed by atoms with Crippen LogP contribution in [0.5, 0.6) is 0 Å². The number of nitrogens with zero attached hydrogens (tertiary/aromatic N) is 5. The van der Waals surface area contributed by atoms with E-state index in [1.165, 1.54) is 18.2 Å². The van der Waals surface area contributed by atoms with E-state index in [9.17, 15) is 13.2 Å². The predicted molar refractivity (Wildman–Crippen MR) is 122 cm³/mol. The molecule has 0 radical (unpaired) electrons. The minimum absolute atomic E-state index is 0.175. The van der Waals surface area contributed by atoms with Crippen LogP contribution in [-0.2, 0) is 13.1 Å². The molecule has 6 nitrogen and oxygen atoms in total. The molecule has 3 heterocycles. The topological polar surface area (TPSA) is 68.5 Å². The number of hydrogen-bond donors (Lipinski definition) is 1. The third-order valence-electron chi connectivity index (χ3n) is 5.25. The van der Waals surface area contributed by atoms with Crippen molar-refractivity contribution in [2.24, 2.45) is 0 Å². The van der Waals surface area contributed by atoms with E-state index in [-0.39, 0.29) is 18.9 Å². The lowest BCUT2D eigenvalue weighted by molar-refractivity contribution is 0.580. The fourth-order valence-corrected chi connectivity index (χ4v) is 3.74. The van der Waals surface area contributed by atoms with Crippen molar-refractivity contribution in [1.82, 2.24) is 24.7 Å². The molecule has 0 amide bonds. The molecule has 170 valence electrons. The Morgan fingerprint density at radius 3 is 2.50 bits per heavy atom. The summed E-state index contributed by atoms with van der Waals surface area (Å²) in [4.78, 5) is 13.5. The van der Waals surface area contributed by atoms with Crippen LogP contribution in [0.1, 0.15) is 16.8 Å². The minimum atomic E-state index is -0.643. The van der Waals surface area contributed by atoms with Crippen molar-refractivity contribution in [2.75, 3.05) is 5.32 Å². The van der Waals surface area contributed by atoms with Crippen LogP contribution in [0, 0.1) is 24.4 Å². The van der Waals surface area contributed by atoms with Crippen LogP contribution in [0.3, 0.4) is 0 Å². The van der Waals surface area contributed by atoms with Gasteiger partial charge in [-0.3, -0.25) is 0 Å². The SMILES string of the molecule is Cc1cc(NCc2cc(F)cc(F)c2)nc(-c2nn(Cc3ccccc3F)c3ncccc23)n1. The summed E-state index contributed by atoms with van der Waals surface area (Å²) < 4.78 is 42.9. The maximum Gasteiger partial charge on any atom is 0.183 e. The lowest BCUT2D eigenvalue weighted by atomic mass is 10.2. The summed E-state index contributed by atoms with van der Waals surface area (Å²) in [5.74, 6) is -0.770. The molecule has 5 aromatic rings. The molecule has 3 aromatic heterocycles. The summed E-state index contributed by atoms with van der Waals surface area (Å²) in [5, 5.41) is 8.46. The Hall–Kier alpha value is -4.27. The Morgan fingerprint density at radius 1 is 0.912 bits per heavy atom. The first kappa shape index (κ1) is 21.6. The summed E-state index contributed by atoms with van der Waals surface area (Å²) in [6, 6.07) is 15.2. The van der Waals surface area contributed by atoms with Gasteiger partial charge in [0.15, 0.2) is 11.5 Å². The van der Waals surface area contributed by atoms with Crippen molar-refractivity contribution in [3.05, 3.63) is 101 Å². The van der Waals surface area contributed by atoms with Crippen LogP contribution in [-0.4, -0.2) is 24.7 Å². The van der Waals surface area contributed by atoms with Gasteiger partial charge < -0.3 is 5.32 Å². The van der Waals surface area contributed by atoms with E-state index in [0.717, 1.165) is 11.5 Å². The number of benzene rings is 2. The Morgan fingerprint density at radius 2 is 1.71 bits per heavy atom. The zero-order chi connectivity index (χ0) is 23.7. The van der Waals surface area contributed by atoms with E-state index < -0.39 is 11.6 Å². The molecule has 0 fully saturated rings. The first-order valence-electron chi connectivity index (χ1n) is 10.6. The number of aryl methyl sites for hydroxylation is 1. The third-order valence-corrected chi connectivity index (χ3v) is 5.25. The van der Waals surface area contributed by atoms with Gasteiger partial charge in [0.25, 0.3) is 0 Å². The second kappa shape index (κ2) is 8.93.